The summed E-state index contributed by atoms with van der Waals surface area (Å²) in [6.45, 7) is 0. The van der Waals surface area contributed by atoms with E-state index in [1.54, 1.807) is 23.6 Å². The van der Waals surface area contributed by atoms with Gasteiger partial charge >= 0.3 is 0 Å². The molecular formula is C7H6N4S2. The van der Waals surface area contributed by atoms with Gasteiger partial charge < -0.3 is 5.73 Å². The summed E-state index contributed by atoms with van der Waals surface area (Å²) in [5.74, 6) is 0.434. The number of hydrogen-bond acceptors (Lipinski definition) is 6. The van der Waals surface area contributed by atoms with Crippen molar-refractivity contribution in [3.05, 3.63) is 23.7 Å². The zero-order chi connectivity index (χ0) is 9.10. The Balaban J connectivity index is 2.15. The predicted octanol–water partition coefficient (Wildman–Crippen LogP) is 1.67. The molecule has 0 amide bonds. The van der Waals surface area contributed by atoms with Gasteiger partial charge in [-0.15, -0.1) is 21.5 Å². The van der Waals surface area contributed by atoms with Gasteiger partial charge in [0.25, 0.3) is 0 Å². The van der Waals surface area contributed by atoms with Gasteiger partial charge in [-0.05, 0) is 23.9 Å². The first-order valence-electron chi connectivity index (χ1n) is 3.51. The first kappa shape index (κ1) is 8.46. The lowest BCUT2D eigenvalue weighted by molar-refractivity contribution is 0.938. The van der Waals surface area contributed by atoms with Crippen molar-refractivity contribution in [2.45, 2.75) is 9.37 Å². The number of nitrogens with two attached hydrogens (primary N) is 1. The molecule has 2 aromatic heterocycles. The fourth-order valence-electron chi connectivity index (χ4n) is 0.735. The van der Waals surface area contributed by atoms with Crippen LogP contribution in [0.5, 0.6) is 0 Å². The Labute approximate surface area is 83.2 Å². The van der Waals surface area contributed by atoms with E-state index in [0.717, 1.165) is 9.37 Å². The molecule has 0 aromatic carbocycles. The summed E-state index contributed by atoms with van der Waals surface area (Å²) in [4.78, 5) is 4.12. The molecule has 0 radical (unpaired) electrons. The van der Waals surface area contributed by atoms with Gasteiger partial charge in [-0.2, -0.15) is 0 Å². The van der Waals surface area contributed by atoms with Crippen molar-refractivity contribution in [3.63, 3.8) is 0 Å². The fraction of sp³-hybridized carbons (Fsp3) is 0. The van der Waals surface area contributed by atoms with Crippen LogP contribution in [-0.4, -0.2) is 15.2 Å². The van der Waals surface area contributed by atoms with Crippen LogP contribution < -0.4 is 5.73 Å². The van der Waals surface area contributed by atoms with E-state index >= 15 is 0 Å². The Hall–Kier alpha value is -1.14. The molecule has 0 atom stereocenters. The van der Waals surface area contributed by atoms with Crippen LogP contribution in [-0.2, 0) is 0 Å². The Bertz CT molecular complexity index is 370. The van der Waals surface area contributed by atoms with Crippen molar-refractivity contribution in [1.29, 1.82) is 0 Å². The maximum atomic E-state index is 5.40. The molecule has 2 N–H and O–H groups in total. The standard InChI is InChI=1S/C7H6N4S2/c8-5-1-2-6(11-10-5)13-7-9-3-4-12-7/h1-4H,(H2,8,10). The van der Waals surface area contributed by atoms with Crippen LogP contribution in [0.4, 0.5) is 5.82 Å². The molecule has 0 spiro atoms. The lowest BCUT2D eigenvalue weighted by atomic mass is 10.5. The number of aromatic nitrogens is 3. The van der Waals surface area contributed by atoms with Crippen LogP contribution in [0.25, 0.3) is 0 Å². The van der Waals surface area contributed by atoms with Crippen LogP contribution in [0, 0.1) is 0 Å². The van der Waals surface area contributed by atoms with Crippen molar-refractivity contribution >= 4 is 28.9 Å². The van der Waals surface area contributed by atoms with Crippen molar-refractivity contribution in [2.75, 3.05) is 5.73 Å². The fourth-order valence-corrected chi connectivity index (χ4v) is 2.22. The summed E-state index contributed by atoms with van der Waals surface area (Å²) < 4.78 is 0.957. The SMILES string of the molecule is Nc1ccc(Sc2nccs2)nn1. The van der Waals surface area contributed by atoms with E-state index in [-0.39, 0.29) is 0 Å². The van der Waals surface area contributed by atoms with Gasteiger partial charge in [0.1, 0.15) is 10.8 Å². The van der Waals surface area contributed by atoms with E-state index in [1.807, 2.05) is 11.4 Å². The second kappa shape index (κ2) is 3.71. The Morgan fingerprint density at radius 1 is 1.31 bits per heavy atom. The lowest BCUT2D eigenvalue weighted by Gasteiger charge is -1.94. The number of nitrogens with zero attached hydrogens (tertiary/aromatic N) is 3. The third-order valence-corrected chi connectivity index (χ3v) is 3.07. The average Bonchev–Trinajstić information content (AvgIpc) is 2.62. The van der Waals surface area contributed by atoms with Crippen molar-refractivity contribution < 1.29 is 0 Å². The van der Waals surface area contributed by atoms with Gasteiger partial charge in [-0.25, -0.2) is 4.98 Å². The molecule has 6 heteroatoms. The third-order valence-electron chi connectivity index (χ3n) is 1.26. The van der Waals surface area contributed by atoms with Crippen LogP contribution >= 0.6 is 23.1 Å². The van der Waals surface area contributed by atoms with Crippen LogP contribution in [0.3, 0.4) is 0 Å². The summed E-state index contributed by atoms with van der Waals surface area (Å²) in [6.07, 6.45) is 1.76. The van der Waals surface area contributed by atoms with E-state index in [9.17, 15) is 0 Å². The normalized spacial score (nSPS) is 10.2. The Morgan fingerprint density at radius 2 is 2.23 bits per heavy atom. The molecule has 0 saturated heterocycles. The monoisotopic (exact) mass is 210 g/mol. The molecule has 0 bridgehead atoms. The van der Waals surface area contributed by atoms with Crippen molar-refractivity contribution in [1.82, 2.24) is 15.2 Å². The number of rotatable bonds is 2. The molecule has 0 saturated carbocycles. The predicted molar refractivity (Wildman–Crippen MR) is 52.7 cm³/mol. The molecule has 66 valence electrons. The van der Waals surface area contributed by atoms with Crippen LogP contribution in [0.15, 0.2) is 33.1 Å². The van der Waals surface area contributed by atoms with Gasteiger partial charge in [0.15, 0.2) is 4.34 Å². The minimum atomic E-state index is 0.434. The van der Waals surface area contributed by atoms with Crippen molar-refractivity contribution in [3.8, 4) is 0 Å². The second-order valence-electron chi connectivity index (χ2n) is 2.20. The highest BCUT2D eigenvalue weighted by Crippen LogP contribution is 2.26. The third kappa shape index (κ3) is 2.16. The van der Waals surface area contributed by atoms with Crippen LogP contribution in [0.2, 0.25) is 0 Å². The highest BCUT2D eigenvalue weighted by molar-refractivity contribution is 8.00. The zero-order valence-electron chi connectivity index (χ0n) is 6.54. The topological polar surface area (TPSA) is 64.7 Å². The van der Waals surface area contributed by atoms with E-state index in [1.165, 1.54) is 11.8 Å². The molecule has 2 heterocycles. The molecule has 0 unspecified atom stereocenters. The van der Waals surface area contributed by atoms with Gasteiger partial charge in [0.2, 0.25) is 0 Å². The molecular weight excluding hydrogens is 204 g/mol. The average molecular weight is 210 g/mol. The highest BCUT2D eigenvalue weighted by Gasteiger charge is 2.00. The quantitative estimate of drug-likeness (QED) is 0.816. The van der Waals surface area contributed by atoms with Gasteiger partial charge in [0.05, 0.1) is 0 Å². The van der Waals surface area contributed by atoms with Crippen LogP contribution in [0.1, 0.15) is 0 Å². The summed E-state index contributed by atoms with van der Waals surface area (Å²) in [7, 11) is 0. The van der Waals surface area contributed by atoms with E-state index in [0.29, 0.717) is 5.82 Å². The summed E-state index contributed by atoms with van der Waals surface area (Å²) >= 11 is 3.06. The van der Waals surface area contributed by atoms with E-state index in [2.05, 4.69) is 15.2 Å². The smallest absolute Gasteiger partial charge is 0.156 e. The second-order valence-corrected chi connectivity index (χ2v) is 4.36. The summed E-state index contributed by atoms with van der Waals surface area (Å²) in [5.41, 5.74) is 5.40. The summed E-state index contributed by atoms with van der Waals surface area (Å²) in [5, 5.41) is 10.4. The summed E-state index contributed by atoms with van der Waals surface area (Å²) in [6, 6.07) is 3.55. The van der Waals surface area contributed by atoms with Crippen molar-refractivity contribution in [2.24, 2.45) is 0 Å². The first-order valence-corrected chi connectivity index (χ1v) is 5.21. The minimum Gasteiger partial charge on any atom is -0.382 e. The van der Waals surface area contributed by atoms with Gasteiger partial charge in [0, 0.05) is 11.6 Å². The van der Waals surface area contributed by atoms with Gasteiger partial charge in [-0.1, -0.05) is 0 Å². The molecule has 0 aliphatic carbocycles. The number of nitrogen functional groups attached to an aromatic ring is 1. The highest BCUT2D eigenvalue weighted by atomic mass is 32.2. The Kier molecular flexibility index (Phi) is 2.42. The maximum Gasteiger partial charge on any atom is 0.156 e. The molecule has 2 aromatic rings. The molecule has 13 heavy (non-hydrogen) atoms. The number of thiazole rings is 1. The molecule has 0 aliphatic heterocycles. The lowest BCUT2D eigenvalue weighted by Crippen LogP contribution is -1.92. The maximum absolute atomic E-state index is 5.40. The first-order chi connectivity index (χ1) is 6.34. The van der Waals surface area contributed by atoms with Gasteiger partial charge in [-0.3, -0.25) is 0 Å². The van der Waals surface area contributed by atoms with E-state index < -0.39 is 0 Å². The Morgan fingerprint density at radius 3 is 2.85 bits per heavy atom. The molecule has 2 rings (SSSR count). The number of hydrogen-bond donors (Lipinski definition) is 1. The minimum absolute atomic E-state index is 0.434. The molecule has 0 aliphatic rings. The number of anilines is 1. The largest absolute Gasteiger partial charge is 0.382 e. The zero-order valence-corrected chi connectivity index (χ0v) is 8.18. The molecule has 0 fully saturated rings. The molecule has 4 nitrogen and oxygen atoms in total. The van der Waals surface area contributed by atoms with E-state index in [4.69, 9.17) is 5.73 Å².